The topological polar surface area (TPSA) is 32.5 Å². The number of likely N-dealkylation sites (tertiary alicyclic amines) is 1. The van der Waals surface area contributed by atoms with Crippen LogP contribution in [0.5, 0.6) is 0 Å². The largest absolute Gasteiger partial charge is 0.370 e. The summed E-state index contributed by atoms with van der Waals surface area (Å²) in [5.74, 6) is 0. The molecule has 1 aromatic rings. The number of hydrogen-bond donors (Lipinski definition) is 1. The minimum atomic E-state index is 0.536. The van der Waals surface area contributed by atoms with E-state index in [9.17, 15) is 0 Å². The molecule has 106 valence electrons. The molecule has 0 saturated carbocycles. The smallest absolute Gasteiger partial charge is 0.0642 e. The summed E-state index contributed by atoms with van der Waals surface area (Å²) in [5, 5.41) is 0.809. The van der Waals surface area contributed by atoms with Gasteiger partial charge in [-0.15, -0.1) is 0 Å². The molecule has 0 atom stereocenters. The zero-order valence-corrected chi connectivity index (χ0v) is 12.7. The molecule has 1 fully saturated rings. The quantitative estimate of drug-likeness (QED) is 0.921. The molecule has 19 heavy (non-hydrogen) atoms. The number of nitrogens with zero attached hydrogens (tertiary/aromatic N) is 2. The lowest BCUT2D eigenvalue weighted by Crippen LogP contribution is -2.43. The van der Waals surface area contributed by atoms with Crippen LogP contribution in [-0.2, 0) is 6.54 Å². The average molecular weight is 282 g/mol. The van der Waals surface area contributed by atoms with Crippen molar-refractivity contribution >= 4 is 17.3 Å². The summed E-state index contributed by atoms with van der Waals surface area (Å²) in [6, 6.07) is 6.56. The first-order chi connectivity index (χ1) is 9.17. The van der Waals surface area contributed by atoms with Gasteiger partial charge in [0.1, 0.15) is 0 Å². The molecule has 4 heteroatoms. The van der Waals surface area contributed by atoms with Gasteiger partial charge in [-0.3, -0.25) is 0 Å². The first-order valence-electron chi connectivity index (χ1n) is 7.10. The molecule has 0 amide bonds. The molecule has 0 aliphatic carbocycles. The van der Waals surface area contributed by atoms with Crippen molar-refractivity contribution in [2.45, 2.75) is 32.4 Å². The van der Waals surface area contributed by atoms with Crippen LogP contribution in [0.2, 0.25) is 5.02 Å². The van der Waals surface area contributed by atoms with Gasteiger partial charge >= 0.3 is 0 Å². The predicted octanol–water partition coefficient (Wildman–Crippen LogP) is 2.72. The number of nitrogens with two attached hydrogens (primary N) is 1. The Bertz CT molecular complexity index is 414. The van der Waals surface area contributed by atoms with Crippen LogP contribution < -0.4 is 10.6 Å². The molecular weight excluding hydrogens is 258 g/mol. The Kier molecular flexibility index (Phi) is 5.08. The Balaban J connectivity index is 2.14. The Labute approximate surface area is 121 Å². The van der Waals surface area contributed by atoms with Gasteiger partial charge in [0, 0.05) is 32.7 Å². The van der Waals surface area contributed by atoms with Gasteiger partial charge in [-0.05, 0) is 31.0 Å². The van der Waals surface area contributed by atoms with Crippen molar-refractivity contribution in [3.63, 3.8) is 0 Å². The molecule has 2 rings (SSSR count). The van der Waals surface area contributed by atoms with Crippen LogP contribution in [0, 0.1) is 0 Å². The molecule has 1 aliphatic rings. The van der Waals surface area contributed by atoms with Gasteiger partial charge in [0.25, 0.3) is 0 Å². The molecule has 1 saturated heterocycles. The van der Waals surface area contributed by atoms with E-state index in [1.807, 2.05) is 12.1 Å². The second-order valence-corrected chi connectivity index (χ2v) is 5.64. The third-order valence-electron chi connectivity index (χ3n) is 4.20. The predicted molar refractivity (Wildman–Crippen MR) is 82.9 cm³/mol. The van der Waals surface area contributed by atoms with E-state index in [1.54, 1.807) is 0 Å². The maximum atomic E-state index is 6.37. The van der Waals surface area contributed by atoms with Crippen molar-refractivity contribution in [3.05, 3.63) is 28.8 Å². The second kappa shape index (κ2) is 6.60. The van der Waals surface area contributed by atoms with Crippen LogP contribution in [0.25, 0.3) is 0 Å². The fourth-order valence-corrected chi connectivity index (χ4v) is 3.25. The fourth-order valence-electron chi connectivity index (χ4n) is 2.93. The Morgan fingerprint density at radius 1 is 1.37 bits per heavy atom. The zero-order chi connectivity index (χ0) is 13.8. The number of halogens is 1. The number of hydrogen-bond acceptors (Lipinski definition) is 3. The van der Waals surface area contributed by atoms with Crippen LogP contribution in [0.1, 0.15) is 25.3 Å². The van der Waals surface area contributed by atoms with E-state index in [0.29, 0.717) is 12.6 Å². The van der Waals surface area contributed by atoms with Crippen LogP contribution in [-0.4, -0.2) is 37.6 Å². The number of benzene rings is 1. The van der Waals surface area contributed by atoms with Crippen molar-refractivity contribution in [1.29, 1.82) is 0 Å². The van der Waals surface area contributed by atoms with Crippen LogP contribution in [0.4, 0.5) is 5.69 Å². The van der Waals surface area contributed by atoms with Gasteiger partial charge in [0.15, 0.2) is 0 Å². The third-order valence-corrected chi connectivity index (χ3v) is 4.50. The standard InChI is InChI=1S/C15H24ClN3/c1-3-19-9-7-13(8-10-19)18(2)15-12(11-17)5-4-6-14(15)16/h4-6,13H,3,7-11,17H2,1-2H3. The fraction of sp³-hybridized carbons (Fsp3) is 0.600. The SMILES string of the molecule is CCN1CCC(N(C)c2c(Cl)cccc2CN)CC1. The van der Waals surface area contributed by atoms with Crippen molar-refractivity contribution in [3.8, 4) is 0 Å². The molecule has 0 unspecified atom stereocenters. The van der Waals surface area contributed by atoms with Gasteiger partial charge in [-0.25, -0.2) is 0 Å². The lowest BCUT2D eigenvalue weighted by atomic mass is 10.0. The summed E-state index contributed by atoms with van der Waals surface area (Å²) in [7, 11) is 2.15. The Morgan fingerprint density at radius 2 is 2.05 bits per heavy atom. The maximum Gasteiger partial charge on any atom is 0.0642 e. The van der Waals surface area contributed by atoms with E-state index in [4.69, 9.17) is 17.3 Å². The minimum absolute atomic E-state index is 0.536. The van der Waals surface area contributed by atoms with Crippen molar-refractivity contribution in [2.75, 3.05) is 31.6 Å². The molecule has 3 nitrogen and oxygen atoms in total. The Morgan fingerprint density at radius 3 is 2.63 bits per heavy atom. The highest BCUT2D eigenvalue weighted by atomic mass is 35.5. The average Bonchev–Trinajstić information content (AvgIpc) is 2.46. The van der Waals surface area contributed by atoms with E-state index in [2.05, 4.69) is 29.8 Å². The van der Waals surface area contributed by atoms with E-state index >= 15 is 0 Å². The normalized spacial score (nSPS) is 17.7. The van der Waals surface area contributed by atoms with Crippen LogP contribution in [0.15, 0.2) is 18.2 Å². The van der Waals surface area contributed by atoms with Crippen LogP contribution >= 0.6 is 11.6 Å². The lowest BCUT2D eigenvalue weighted by Gasteiger charge is -2.38. The molecule has 0 aromatic heterocycles. The summed E-state index contributed by atoms with van der Waals surface area (Å²) in [5.41, 5.74) is 8.08. The first kappa shape index (κ1) is 14.6. The number of para-hydroxylation sites is 1. The van der Waals surface area contributed by atoms with E-state index in [-0.39, 0.29) is 0 Å². The van der Waals surface area contributed by atoms with Gasteiger partial charge in [-0.2, -0.15) is 0 Å². The number of piperidine rings is 1. The van der Waals surface area contributed by atoms with Crippen molar-refractivity contribution in [2.24, 2.45) is 5.73 Å². The molecule has 0 radical (unpaired) electrons. The van der Waals surface area contributed by atoms with E-state index in [0.717, 1.165) is 22.8 Å². The van der Waals surface area contributed by atoms with Gasteiger partial charge < -0.3 is 15.5 Å². The summed E-state index contributed by atoms with van der Waals surface area (Å²) in [6.45, 7) is 6.26. The second-order valence-electron chi connectivity index (χ2n) is 5.23. The van der Waals surface area contributed by atoms with E-state index < -0.39 is 0 Å². The summed E-state index contributed by atoms with van der Waals surface area (Å²) in [6.07, 6.45) is 2.39. The molecule has 2 N–H and O–H groups in total. The van der Waals surface area contributed by atoms with Gasteiger partial charge in [0.2, 0.25) is 0 Å². The molecular formula is C15H24ClN3. The molecule has 0 bridgehead atoms. The summed E-state index contributed by atoms with van der Waals surface area (Å²) < 4.78 is 0. The zero-order valence-electron chi connectivity index (χ0n) is 11.9. The first-order valence-corrected chi connectivity index (χ1v) is 7.47. The number of rotatable bonds is 4. The summed E-state index contributed by atoms with van der Waals surface area (Å²) >= 11 is 6.37. The lowest BCUT2D eigenvalue weighted by molar-refractivity contribution is 0.221. The van der Waals surface area contributed by atoms with Crippen molar-refractivity contribution in [1.82, 2.24) is 4.90 Å². The summed E-state index contributed by atoms with van der Waals surface area (Å²) in [4.78, 5) is 4.83. The van der Waals surface area contributed by atoms with Gasteiger partial charge in [0.05, 0.1) is 10.7 Å². The highest BCUT2D eigenvalue weighted by molar-refractivity contribution is 6.33. The van der Waals surface area contributed by atoms with Crippen LogP contribution in [0.3, 0.4) is 0 Å². The number of anilines is 1. The third kappa shape index (κ3) is 3.22. The Hall–Kier alpha value is -0.770. The van der Waals surface area contributed by atoms with Crippen molar-refractivity contribution < 1.29 is 0 Å². The highest BCUT2D eigenvalue weighted by Crippen LogP contribution is 2.32. The monoisotopic (exact) mass is 281 g/mol. The molecule has 1 heterocycles. The maximum absolute atomic E-state index is 6.37. The minimum Gasteiger partial charge on any atom is -0.370 e. The molecule has 1 aliphatic heterocycles. The van der Waals surface area contributed by atoms with Gasteiger partial charge in [-0.1, -0.05) is 30.7 Å². The molecule has 1 aromatic carbocycles. The van der Waals surface area contributed by atoms with E-state index in [1.165, 1.54) is 25.9 Å². The molecule has 0 spiro atoms. The highest BCUT2D eigenvalue weighted by Gasteiger charge is 2.24.